The van der Waals surface area contributed by atoms with Gasteiger partial charge in [-0.15, -0.1) is 0 Å². The van der Waals surface area contributed by atoms with Gasteiger partial charge in [0, 0.05) is 32.4 Å². The Kier molecular flexibility index (Phi) is 10.0. The summed E-state index contributed by atoms with van der Waals surface area (Å²) in [4.78, 5) is 0. The van der Waals surface area contributed by atoms with Gasteiger partial charge < -0.3 is 24.8 Å². The van der Waals surface area contributed by atoms with E-state index in [4.69, 9.17) is 26.4 Å². The van der Waals surface area contributed by atoms with Crippen molar-refractivity contribution >= 4 is 38.9 Å². The van der Waals surface area contributed by atoms with E-state index in [9.17, 15) is 0 Å². The van der Waals surface area contributed by atoms with Crippen molar-refractivity contribution in [2.24, 2.45) is 5.92 Å². The summed E-state index contributed by atoms with van der Waals surface area (Å²) < 4.78 is 17.0. The predicted octanol–water partition coefficient (Wildman–Crippen LogP) is 1.87. The fraction of sp³-hybridized carbons (Fsp3) is 0.923. The summed E-state index contributed by atoms with van der Waals surface area (Å²) in [6.45, 7) is 5.70. The molecular weight excluding hydrogens is 328 g/mol. The molecule has 8 heteroatoms. The molecule has 5 nitrogen and oxygen atoms in total. The van der Waals surface area contributed by atoms with E-state index in [1.807, 2.05) is 7.05 Å². The van der Waals surface area contributed by atoms with Crippen molar-refractivity contribution in [3.63, 3.8) is 0 Å². The first-order valence-corrected chi connectivity index (χ1v) is 9.95. The Labute approximate surface area is 141 Å². The summed E-state index contributed by atoms with van der Waals surface area (Å²) in [6.07, 6.45) is 0.378. The number of ether oxygens (including phenoxy) is 3. The molecule has 0 aromatic rings. The van der Waals surface area contributed by atoms with Crippen LogP contribution in [0.5, 0.6) is 0 Å². The summed E-state index contributed by atoms with van der Waals surface area (Å²) in [5.74, 6) is 2.03. The molecule has 4 atom stereocenters. The molecule has 1 fully saturated rings. The van der Waals surface area contributed by atoms with Crippen LogP contribution in [0, 0.1) is 5.92 Å². The van der Waals surface area contributed by atoms with Crippen LogP contribution in [-0.2, 0) is 14.2 Å². The van der Waals surface area contributed by atoms with Crippen LogP contribution < -0.4 is 10.6 Å². The molecule has 0 radical (unpaired) electrons. The van der Waals surface area contributed by atoms with E-state index < -0.39 is 0 Å². The molecule has 0 bridgehead atoms. The standard InChI is InChI=1S/C13H26N2O3S3/c1-9-10(2)18-11(7-16-4)12(9)17-8-21-20-6-5-15-13(19)14-3/h9-12H,5-8H2,1-4H3,(H2,14,15,19)/t9?,10-,11+,12?/m0/s1. The van der Waals surface area contributed by atoms with E-state index >= 15 is 0 Å². The van der Waals surface area contributed by atoms with Gasteiger partial charge in [-0.2, -0.15) is 0 Å². The zero-order chi connectivity index (χ0) is 15.7. The minimum Gasteiger partial charge on any atom is -0.382 e. The Morgan fingerprint density at radius 1 is 1.33 bits per heavy atom. The van der Waals surface area contributed by atoms with Crippen LogP contribution in [0.2, 0.25) is 0 Å². The van der Waals surface area contributed by atoms with Crippen LogP contribution >= 0.6 is 33.8 Å². The van der Waals surface area contributed by atoms with E-state index in [-0.39, 0.29) is 18.3 Å². The number of nitrogens with one attached hydrogen (secondary N) is 2. The minimum absolute atomic E-state index is 0.0419. The number of rotatable bonds is 9. The zero-order valence-electron chi connectivity index (χ0n) is 13.1. The highest BCUT2D eigenvalue weighted by Crippen LogP contribution is 2.31. The fourth-order valence-corrected chi connectivity index (χ4v) is 3.79. The average molecular weight is 355 g/mol. The molecule has 0 spiro atoms. The van der Waals surface area contributed by atoms with Gasteiger partial charge in [0.2, 0.25) is 0 Å². The maximum absolute atomic E-state index is 5.98. The summed E-state index contributed by atoms with van der Waals surface area (Å²) in [6, 6.07) is 0. The van der Waals surface area contributed by atoms with Gasteiger partial charge in [0.25, 0.3) is 0 Å². The molecule has 0 aromatic carbocycles. The Morgan fingerprint density at radius 2 is 2.10 bits per heavy atom. The summed E-state index contributed by atoms with van der Waals surface area (Å²) in [5.41, 5.74) is 0. The van der Waals surface area contributed by atoms with Crippen molar-refractivity contribution in [1.82, 2.24) is 10.6 Å². The largest absolute Gasteiger partial charge is 0.382 e. The highest BCUT2D eigenvalue weighted by molar-refractivity contribution is 8.76. The number of hydrogen-bond donors (Lipinski definition) is 2. The third-order valence-electron chi connectivity index (χ3n) is 3.44. The molecule has 1 rings (SSSR count). The van der Waals surface area contributed by atoms with Crippen molar-refractivity contribution < 1.29 is 14.2 Å². The summed E-state index contributed by atoms with van der Waals surface area (Å²) in [7, 11) is 7.00. The van der Waals surface area contributed by atoms with Crippen molar-refractivity contribution in [3.05, 3.63) is 0 Å². The quantitative estimate of drug-likeness (QED) is 0.282. The first kappa shape index (κ1) is 19.3. The smallest absolute Gasteiger partial charge is 0.166 e. The lowest BCUT2D eigenvalue weighted by molar-refractivity contribution is -0.0440. The van der Waals surface area contributed by atoms with Crippen LogP contribution in [0.3, 0.4) is 0 Å². The molecule has 21 heavy (non-hydrogen) atoms. The first-order valence-electron chi connectivity index (χ1n) is 7.06. The molecule has 124 valence electrons. The maximum atomic E-state index is 5.98. The molecule has 0 aliphatic carbocycles. The fourth-order valence-electron chi connectivity index (χ4n) is 2.13. The number of hydrogen-bond acceptors (Lipinski definition) is 6. The number of methoxy groups -OCH3 is 1. The monoisotopic (exact) mass is 354 g/mol. The molecular formula is C13H26N2O3S3. The van der Waals surface area contributed by atoms with E-state index in [0.717, 1.165) is 12.3 Å². The van der Waals surface area contributed by atoms with Gasteiger partial charge in [-0.3, -0.25) is 0 Å². The van der Waals surface area contributed by atoms with Crippen molar-refractivity contribution in [3.8, 4) is 0 Å². The third-order valence-corrected chi connectivity index (χ3v) is 5.84. The first-order chi connectivity index (χ1) is 10.1. The molecule has 1 aliphatic rings. The summed E-state index contributed by atoms with van der Waals surface area (Å²) in [5, 5.41) is 6.68. The lowest BCUT2D eigenvalue weighted by Crippen LogP contribution is -2.33. The molecule has 0 amide bonds. The normalized spacial score (nSPS) is 28.6. The Hall–Kier alpha value is 0.270. The van der Waals surface area contributed by atoms with E-state index in [2.05, 4.69) is 24.5 Å². The molecule has 2 N–H and O–H groups in total. The van der Waals surface area contributed by atoms with Gasteiger partial charge in [-0.05, 0) is 19.1 Å². The highest BCUT2D eigenvalue weighted by atomic mass is 33.1. The molecule has 0 aromatic heterocycles. The molecule has 0 saturated carbocycles. The summed E-state index contributed by atoms with van der Waals surface area (Å²) >= 11 is 5.00. The maximum Gasteiger partial charge on any atom is 0.166 e. The number of thiocarbonyl (C=S) groups is 1. The Morgan fingerprint density at radius 3 is 2.76 bits per heavy atom. The topological polar surface area (TPSA) is 51.8 Å². The van der Waals surface area contributed by atoms with E-state index in [1.165, 1.54) is 0 Å². The van der Waals surface area contributed by atoms with Gasteiger partial charge in [0.1, 0.15) is 12.0 Å². The van der Waals surface area contributed by atoms with Gasteiger partial charge in [-0.25, -0.2) is 0 Å². The SMILES string of the molecule is CNC(=S)NCCSSCOC1C(C)[C@H](C)O[C@@H]1COC. The molecule has 1 heterocycles. The molecule has 1 saturated heterocycles. The van der Waals surface area contributed by atoms with Crippen LogP contribution in [0.4, 0.5) is 0 Å². The van der Waals surface area contributed by atoms with Gasteiger partial charge in [0.15, 0.2) is 5.11 Å². The van der Waals surface area contributed by atoms with Crippen molar-refractivity contribution in [2.45, 2.75) is 32.2 Å². The van der Waals surface area contributed by atoms with Gasteiger partial charge in [-0.1, -0.05) is 28.5 Å². The van der Waals surface area contributed by atoms with Crippen molar-refractivity contribution in [1.29, 1.82) is 0 Å². The Bertz CT molecular complexity index is 310. The van der Waals surface area contributed by atoms with Crippen molar-refractivity contribution in [2.75, 3.05) is 39.0 Å². The highest BCUT2D eigenvalue weighted by Gasteiger charge is 2.40. The van der Waals surface area contributed by atoms with Crippen LogP contribution in [0.15, 0.2) is 0 Å². The molecule has 1 aliphatic heterocycles. The second-order valence-electron chi connectivity index (χ2n) is 4.89. The van der Waals surface area contributed by atoms with Crippen LogP contribution in [0.1, 0.15) is 13.8 Å². The van der Waals surface area contributed by atoms with E-state index in [0.29, 0.717) is 23.6 Å². The zero-order valence-corrected chi connectivity index (χ0v) is 15.5. The third kappa shape index (κ3) is 6.92. The Balaban J connectivity index is 2.12. The van der Waals surface area contributed by atoms with Crippen LogP contribution in [-0.4, -0.2) is 62.4 Å². The average Bonchev–Trinajstić information content (AvgIpc) is 2.73. The predicted molar refractivity (Wildman–Crippen MR) is 94.8 cm³/mol. The minimum atomic E-state index is 0.0419. The second-order valence-corrected chi connectivity index (χ2v) is 7.83. The van der Waals surface area contributed by atoms with E-state index in [1.54, 1.807) is 28.7 Å². The second kappa shape index (κ2) is 10.9. The van der Waals surface area contributed by atoms with Crippen LogP contribution in [0.25, 0.3) is 0 Å². The van der Waals surface area contributed by atoms with Gasteiger partial charge >= 0.3 is 0 Å². The van der Waals surface area contributed by atoms with Gasteiger partial charge in [0.05, 0.1) is 18.8 Å². The lowest BCUT2D eigenvalue weighted by atomic mass is 9.99. The lowest BCUT2D eigenvalue weighted by Gasteiger charge is -2.20. The molecule has 2 unspecified atom stereocenters.